The molecule has 2 aliphatic rings. The smallest absolute Gasteiger partial charge is 0.331 e. The highest BCUT2D eigenvalue weighted by Crippen LogP contribution is 2.46. The van der Waals surface area contributed by atoms with E-state index in [0.717, 1.165) is 35.8 Å². The number of urea groups is 1. The van der Waals surface area contributed by atoms with E-state index in [1.165, 1.54) is 17.4 Å². The van der Waals surface area contributed by atoms with Gasteiger partial charge in [-0.3, -0.25) is 19.5 Å². The number of aromatic nitrogens is 2. The van der Waals surface area contributed by atoms with E-state index in [9.17, 15) is 14.4 Å². The Morgan fingerprint density at radius 1 is 1.08 bits per heavy atom. The molecule has 1 saturated carbocycles. The number of hydrogen-bond donors (Lipinski definition) is 3. The van der Waals surface area contributed by atoms with Crippen molar-refractivity contribution in [3.05, 3.63) is 78.6 Å². The molecule has 0 bridgehead atoms. The number of thiophene rings is 1. The molecular weight excluding hydrogens is 500 g/mol. The lowest BCUT2D eigenvalue weighted by Crippen LogP contribution is -2.48. The van der Waals surface area contributed by atoms with Crippen LogP contribution in [0.1, 0.15) is 28.9 Å². The molecule has 6 rings (SSSR count). The van der Waals surface area contributed by atoms with Crippen LogP contribution >= 0.6 is 11.3 Å². The minimum absolute atomic E-state index is 0.166. The molecule has 1 aromatic carbocycles. The largest absolute Gasteiger partial charge is 0.348 e. The summed E-state index contributed by atoms with van der Waals surface area (Å²) in [6.07, 6.45) is 8.79. The predicted molar refractivity (Wildman–Crippen MR) is 148 cm³/mol. The van der Waals surface area contributed by atoms with Crippen molar-refractivity contribution < 1.29 is 14.4 Å². The average Bonchev–Trinajstić information content (AvgIpc) is 3.54. The van der Waals surface area contributed by atoms with Crippen LogP contribution in [-0.4, -0.2) is 39.9 Å². The van der Waals surface area contributed by atoms with Gasteiger partial charge in [-0.1, -0.05) is 24.8 Å². The molecule has 4 aromatic rings. The van der Waals surface area contributed by atoms with Crippen molar-refractivity contribution in [2.45, 2.75) is 31.3 Å². The molecule has 1 aliphatic carbocycles. The highest BCUT2D eigenvalue weighted by atomic mass is 32.1. The van der Waals surface area contributed by atoms with E-state index in [1.54, 1.807) is 29.6 Å². The number of benzene rings is 1. The first kappa shape index (κ1) is 23.8. The van der Waals surface area contributed by atoms with Crippen LogP contribution in [0.3, 0.4) is 0 Å². The summed E-state index contributed by atoms with van der Waals surface area (Å²) in [6, 6.07) is 12.6. The molecule has 4 amide bonds. The summed E-state index contributed by atoms with van der Waals surface area (Å²) in [5.41, 5.74) is 3.67. The van der Waals surface area contributed by atoms with Gasteiger partial charge in [-0.05, 0) is 55.2 Å². The fourth-order valence-electron chi connectivity index (χ4n) is 5.14. The maximum atomic E-state index is 13.5. The number of hydrogen-bond acceptors (Lipinski definition) is 6. The predicted octanol–water partition coefficient (Wildman–Crippen LogP) is 5.00. The lowest BCUT2D eigenvalue weighted by atomic mass is 10.1. The van der Waals surface area contributed by atoms with Crippen molar-refractivity contribution in [1.29, 1.82) is 0 Å². The minimum Gasteiger partial charge on any atom is -0.348 e. The molecule has 0 radical (unpaired) electrons. The number of nitrogens with zero attached hydrogens (tertiary/aromatic N) is 3. The molecule has 1 aliphatic heterocycles. The summed E-state index contributed by atoms with van der Waals surface area (Å²) < 4.78 is 0. The Balaban J connectivity index is 1.34. The van der Waals surface area contributed by atoms with Crippen molar-refractivity contribution >= 4 is 56.5 Å². The first-order valence-electron chi connectivity index (χ1n) is 12.3. The van der Waals surface area contributed by atoms with Crippen LogP contribution in [-0.2, 0) is 4.79 Å². The number of anilines is 3. The van der Waals surface area contributed by atoms with E-state index in [-0.39, 0.29) is 29.9 Å². The van der Waals surface area contributed by atoms with Crippen molar-refractivity contribution in [3.63, 3.8) is 0 Å². The quantitative estimate of drug-likeness (QED) is 0.307. The van der Waals surface area contributed by atoms with Crippen LogP contribution in [0.25, 0.3) is 21.3 Å². The van der Waals surface area contributed by atoms with Gasteiger partial charge in [0, 0.05) is 36.2 Å². The Kier molecular flexibility index (Phi) is 6.09. The third kappa shape index (κ3) is 4.18. The molecule has 190 valence electrons. The molecule has 0 unspecified atom stereocenters. The van der Waals surface area contributed by atoms with Crippen LogP contribution in [0, 0.1) is 0 Å². The highest BCUT2D eigenvalue weighted by molar-refractivity contribution is 7.21. The van der Waals surface area contributed by atoms with Gasteiger partial charge in [0.1, 0.15) is 9.71 Å². The number of carbonyl (C=O) groups is 3. The third-order valence-corrected chi connectivity index (χ3v) is 7.99. The number of pyridine rings is 2. The Labute approximate surface area is 222 Å². The molecule has 0 spiro atoms. The minimum atomic E-state index is -0.363. The van der Waals surface area contributed by atoms with Gasteiger partial charge in [-0.15, -0.1) is 11.3 Å². The number of amides is 4. The molecule has 0 saturated heterocycles. The van der Waals surface area contributed by atoms with Crippen molar-refractivity contribution in [3.8, 4) is 11.1 Å². The van der Waals surface area contributed by atoms with E-state index >= 15 is 0 Å². The maximum Gasteiger partial charge on any atom is 0.331 e. The van der Waals surface area contributed by atoms with E-state index in [1.807, 2.05) is 36.4 Å². The summed E-state index contributed by atoms with van der Waals surface area (Å²) in [5, 5.41) is 9.62. The number of rotatable bonds is 6. The normalized spacial score (nSPS) is 18.2. The van der Waals surface area contributed by atoms with Crippen LogP contribution in [0.15, 0.2) is 73.7 Å². The zero-order chi connectivity index (χ0) is 26.2. The monoisotopic (exact) mass is 524 g/mol. The Morgan fingerprint density at radius 2 is 1.89 bits per heavy atom. The van der Waals surface area contributed by atoms with Crippen LogP contribution in [0.5, 0.6) is 0 Å². The van der Waals surface area contributed by atoms with E-state index in [4.69, 9.17) is 0 Å². The molecule has 3 N–H and O–H groups in total. The molecule has 10 heteroatoms. The molecule has 38 heavy (non-hydrogen) atoms. The van der Waals surface area contributed by atoms with Crippen molar-refractivity contribution in [2.24, 2.45) is 0 Å². The number of nitrogens with one attached hydrogen (secondary N) is 3. The Bertz CT molecular complexity index is 1580. The van der Waals surface area contributed by atoms with Gasteiger partial charge in [0.05, 0.1) is 22.4 Å². The zero-order valence-electron chi connectivity index (χ0n) is 20.3. The second-order valence-electron chi connectivity index (χ2n) is 9.20. The maximum absolute atomic E-state index is 13.5. The van der Waals surface area contributed by atoms with Gasteiger partial charge in [-0.2, -0.15) is 0 Å². The van der Waals surface area contributed by atoms with E-state index < -0.39 is 0 Å². The summed E-state index contributed by atoms with van der Waals surface area (Å²) in [4.78, 5) is 50.0. The van der Waals surface area contributed by atoms with Gasteiger partial charge in [0.25, 0.3) is 5.91 Å². The first-order valence-corrected chi connectivity index (χ1v) is 13.1. The SMILES string of the molecule is C=CC(=O)N[C@H]1CCC[C@H]1NC(=O)c1sc2nccc3c2c1NC(=O)N3c1cccc(-c2cccnc2)c1. The standard InChI is InChI=1S/C28H24N6O3S/c1-2-22(35)31-19-9-4-10-20(19)32-26(36)25-24-23-21(11-13-30-27(23)38-25)34(28(37)33-24)18-8-3-6-16(14-18)17-7-5-12-29-15-17/h2-3,5-8,11-15,19-20H,1,4,9-10H2,(H,31,35)(H,32,36)(H,33,37)/t19-,20+/m0/s1. The molecule has 4 heterocycles. The summed E-state index contributed by atoms with van der Waals surface area (Å²) in [6.45, 7) is 3.50. The van der Waals surface area contributed by atoms with Crippen molar-refractivity contribution in [2.75, 3.05) is 10.2 Å². The average molecular weight is 525 g/mol. The molecular formula is C28H24N6O3S. The van der Waals surface area contributed by atoms with E-state index in [0.29, 0.717) is 26.8 Å². The van der Waals surface area contributed by atoms with Gasteiger partial charge in [-0.25, -0.2) is 9.78 Å². The Morgan fingerprint density at radius 3 is 2.68 bits per heavy atom. The van der Waals surface area contributed by atoms with Gasteiger partial charge < -0.3 is 16.0 Å². The molecule has 9 nitrogen and oxygen atoms in total. The first-order chi connectivity index (χ1) is 18.5. The van der Waals surface area contributed by atoms with Crippen LogP contribution in [0.2, 0.25) is 0 Å². The Hall–Kier alpha value is -4.57. The van der Waals surface area contributed by atoms with E-state index in [2.05, 4.69) is 32.5 Å². The summed E-state index contributed by atoms with van der Waals surface area (Å²) >= 11 is 1.24. The molecule has 1 fully saturated rings. The van der Waals surface area contributed by atoms with Crippen LogP contribution < -0.4 is 20.9 Å². The second-order valence-corrected chi connectivity index (χ2v) is 10.2. The van der Waals surface area contributed by atoms with Crippen molar-refractivity contribution in [1.82, 2.24) is 20.6 Å². The lowest BCUT2D eigenvalue weighted by Gasteiger charge is -2.29. The topological polar surface area (TPSA) is 116 Å². The fraction of sp³-hybridized carbons (Fsp3) is 0.179. The lowest BCUT2D eigenvalue weighted by molar-refractivity contribution is -0.117. The van der Waals surface area contributed by atoms with Gasteiger partial charge in [0.15, 0.2) is 0 Å². The number of carbonyl (C=O) groups excluding carboxylic acids is 3. The fourth-order valence-corrected chi connectivity index (χ4v) is 6.16. The molecule has 2 atom stereocenters. The summed E-state index contributed by atoms with van der Waals surface area (Å²) in [7, 11) is 0. The third-order valence-electron chi connectivity index (χ3n) is 6.90. The second kappa shape index (κ2) is 9.71. The van der Waals surface area contributed by atoms with Gasteiger partial charge >= 0.3 is 6.03 Å². The summed E-state index contributed by atoms with van der Waals surface area (Å²) in [5.74, 6) is -0.562. The van der Waals surface area contributed by atoms with Crippen LogP contribution in [0.4, 0.5) is 21.9 Å². The van der Waals surface area contributed by atoms with Gasteiger partial charge in [0.2, 0.25) is 5.91 Å². The zero-order valence-corrected chi connectivity index (χ0v) is 21.1. The molecule has 3 aromatic heterocycles. The highest BCUT2D eigenvalue weighted by Gasteiger charge is 2.35.